The van der Waals surface area contributed by atoms with Gasteiger partial charge in [0.15, 0.2) is 0 Å². The van der Waals surface area contributed by atoms with E-state index in [1.807, 2.05) is 36.4 Å². The van der Waals surface area contributed by atoms with Gasteiger partial charge in [-0.2, -0.15) is 0 Å². The molecule has 1 atom stereocenters. The van der Waals surface area contributed by atoms with E-state index in [1.165, 1.54) is 18.2 Å². The Labute approximate surface area is 114 Å². The maximum Gasteiger partial charge on any atom is 0.241 e. The third-order valence-electron chi connectivity index (χ3n) is 2.25. The maximum absolute atomic E-state index is 12.9. The molecular formula is C12H16FIN2O. The highest BCUT2D eigenvalue weighted by Crippen LogP contribution is 2.19. The Morgan fingerprint density at radius 3 is 2.71 bits per heavy atom. The summed E-state index contributed by atoms with van der Waals surface area (Å²) >= 11 is 1.97. The van der Waals surface area contributed by atoms with Gasteiger partial charge in [0.25, 0.3) is 0 Å². The van der Waals surface area contributed by atoms with E-state index >= 15 is 0 Å². The van der Waals surface area contributed by atoms with Crippen molar-refractivity contribution in [1.29, 1.82) is 0 Å². The molecule has 0 spiro atoms. The number of rotatable bonds is 4. The molecule has 0 saturated carbocycles. The normalized spacial score (nSPS) is 12.6. The molecule has 3 N–H and O–H groups in total. The van der Waals surface area contributed by atoms with Crippen LogP contribution in [0.15, 0.2) is 18.2 Å². The van der Waals surface area contributed by atoms with Crippen molar-refractivity contribution in [2.45, 2.75) is 26.3 Å². The van der Waals surface area contributed by atoms with E-state index in [4.69, 9.17) is 5.73 Å². The van der Waals surface area contributed by atoms with Gasteiger partial charge in [-0.25, -0.2) is 4.39 Å². The van der Waals surface area contributed by atoms with Gasteiger partial charge in [0, 0.05) is 3.57 Å². The number of carbonyl (C=O) groups is 1. The van der Waals surface area contributed by atoms with Crippen molar-refractivity contribution in [2.75, 3.05) is 5.32 Å². The van der Waals surface area contributed by atoms with Gasteiger partial charge in [-0.3, -0.25) is 4.79 Å². The van der Waals surface area contributed by atoms with Gasteiger partial charge >= 0.3 is 0 Å². The van der Waals surface area contributed by atoms with E-state index in [1.54, 1.807) is 0 Å². The van der Waals surface area contributed by atoms with Crippen LogP contribution in [0, 0.1) is 15.3 Å². The zero-order chi connectivity index (χ0) is 13.0. The summed E-state index contributed by atoms with van der Waals surface area (Å²) in [5, 5.41) is 2.70. The second kappa shape index (κ2) is 6.30. The molecule has 5 heteroatoms. The van der Waals surface area contributed by atoms with Gasteiger partial charge in [-0.15, -0.1) is 0 Å². The van der Waals surface area contributed by atoms with Gasteiger partial charge in [-0.05, 0) is 53.1 Å². The molecule has 0 saturated heterocycles. The van der Waals surface area contributed by atoms with Gasteiger partial charge in [-0.1, -0.05) is 13.8 Å². The molecule has 1 rings (SSSR count). The SMILES string of the molecule is CC(C)CC(N)C(=O)Nc1ccc(F)cc1I. The lowest BCUT2D eigenvalue weighted by Gasteiger charge is -2.14. The summed E-state index contributed by atoms with van der Waals surface area (Å²) in [4.78, 5) is 11.8. The fraction of sp³-hybridized carbons (Fsp3) is 0.417. The van der Waals surface area contributed by atoms with E-state index in [0.29, 0.717) is 21.6 Å². The minimum absolute atomic E-state index is 0.233. The summed E-state index contributed by atoms with van der Waals surface area (Å²) in [5.74, 6) is -0.190. The third kappa shape index (κ3) is 4.59. The molecule has 1 aromatic carbocycles. The molecule has 1 unspecified atom stereocenters. The molecule has 17 heavy (non-hydrogen) atoms. The molecule has 0 aromatic heterocycles. The smallest absolute Gasteiger partial charge is 0.241 e. The van der Waals surface area contributed by atoms with Crippen molar-refractivity contribution in [3.63, 3.8) is 0 Å². The number of benzene rings is 1. The Morgan fingerprint density at radius 2 is 2.18 bits per heavy atom. The predicted octanol–water partition coefficient (Wildman–Crippen LogP) is 2.74. The van der Waals surface area contributed by atoms with Crippen LogP contribution in [0.5, 0.6) is 0 Å². The van der Waals surface area contributed by atoms with Crippen molar-refractivity contribution in [3.8, 4) is 0 Å². The molecule has 1 aromatic rings. The average molecular weight is 350 g/mol. The molecule has 0 heterocycles. The number of nitrogens with two attached hydrogens (primary N) is 1. The van der Waals surface area contributed by atoms with Crippen LogP contribution in [0.25, 0.3) is 0 Å². The van der Waals surface area contributed by atoms with Crippen molar-refractivity contribution in [2.24, 2.45) is 11.7 Å². The van der Waals surface area contributed by atoms with Crippen LogP contribution < -0.4 is 11.1 Å². The Kier molecular flexibility index (Phi) is 5.32. The van der Waals surface area contributed by atoms with E-state index in [9.17, 15) is 9.18 Å². The summed E-state index contributed by atoms with van der Waals surface area (Å²) in [5.41, 5.74) is 6.35. The first-order valence-electron chi connectivity index (χ1n) is 5.41. The highest BCUT2D eigenvalue weighted by atomic mass is 127. The molecule has 0 fully saturated rings. The second-order valence-corrected chi connectivity index (χ2v) is 5.51. The summed E-state index contributed by atoms with van der Waals surface area (Å²) < 4.78 is 13.5. The van der Waals surface area contributed by atoms with E-state index in [2.05, 4.69) is 5.32 Å². The summed E-state index contributed by atoms with van der Waals surface area (Å²) in [6, 6.07) is 3.68. The Balaban J connectivity index is 2.67. The van der Waals surface area contributed by atoms with Gasteiger partial charge < -0.3 is 11.1 Å². The van der Waals surface area contributed by atoms with Crippen LogP contribution in [-0.4, -0.2) is 11.9 Å². The lowest BCUT2D eigenvalue weighted by Crippen LogP contribution is -2.36. The monoisotopic (exact) mass is 350 g/mol. The maximum atomic E-state index is 12.9. The minimum Gasteiger partial charge on any atom is -0.324 e. The first kappa shape index (κ1) is 14.4. The molecule has 1 amide bonds. The minimum atomic E-state index is -0.532. The molecular weight excluding hydrogens is 334 g/mol. The standard InChI is InChI=1S/C12H16FIN2O/c1-7(2)5-10(15)12(17)16-11-4-3-8(13)6-9(11)14/h3-4,6-7,10H,5,15H2,1-2H3,(H,16,17). The number of halogens is 2. The fourth-order valence-corrected chi connectivity index (χ4v) is 2.04. The van der Waals surface area contributed by atoms with Crippen LogP contribution >= 0.6 is 22.6 Å². The van der Waals surface area contributed by atoms with Crippen LogP contribution in [0.4, 0.5) is 10.1 Å². The fourth-order valence-electron chi connectivity index (χ4n) is 1.43. The second-order valence-electron chi connectivity index (χ2n) is 4.35. The molecule has 3 nitrogen and oxygen atoms in total. The molecule has 0 radical (unpaired) electrons. The number of anilines is 1. The quantitative estimate of drug-likeness (QED) is 0.821. The van der Waals surface area contributed by atoms with Crippen LogP contribution in [-0.2, 0) is 4.79 Å². The molecule has 0 bridgehead atoms. The zero-order valence-electron chi connectivity index (χ0n) is 9.84. The summed E-state index contributed by atoms with van der Waals surface area (Å²) in [6.07, 6.45) is 0.629. The Bertz CT molecular complexity index is 409. The Hall–Kier alpha value is -0.690. The van der Waals surface area contributed by atoms with Crippen molar-refractivity contribution in [1.82, 2.24) is 0 Å². The first-order chi connectivity index (χ1) is 7.90. The summed E-state index contributed by atoms with van der Waals surface area (Å²) in [6.45, 7) is 4.02. The van der Waals surface area contributed by atoms with Crippen LogP contribution in [0.1, 0.15) is 20.3 Å². The van der Waals surface area contributed by atoms with Crippen molar-refractivity contribution >= 4 is 34.2 Å². The number of hydrogen-bond donors (Lipinski definition) is 2. The van der Waals surface area contributed by atoms with Gasteiger partial charge in [0.1, 0.15) is 5.82 Å². The lowest BCUT2D eigenvalue weighted by atomic mass is 10.0. The zero-order valence-corrected chi connectivity index (χ0v) is 12.0. The Morgan fingerprint density at radius 1 is 1.53 bits per heavy atom. The highest BCUT2D eigenvalue weighted by molar-refractivity contribution is 14.1. The largest absolute Gasteiger partial charge is 0.324 e. The van der Waals surface area contributed by atoms with E-state index < -0.39 is 6.04 Å². The van der Waals surface area contributed by atoms with Crippen molar-refractivity contribution in [3.05, 3.63) is 27.6 Å². The lowest BCUT2D eigenvalue weighted by molar-refractivity contribution is -0.117. The number of amides is 1. The molecule has 0 aliphatic heterocycles. The molecule has 94 valence electrons. The number of carbonyl (C=O) groups excluding carboxylic acids is 1. The topological polar surface area (TPSA) is 55.1 Å². The third-order valence-corrected chi connectivity index (χ3v) is 3.14. The van der Waals surface area contributed by atoms with Gasteiger partial charge in [0.05, 0.1) is 11.7 Å². The highest BCUT2D eigenvalue weighted by Gasteiger charge is 2.16. The van der Waals surface area contributed by atoms with Gasteiger partial charge in [0.2, 0.25) is 5.91 Å². The van der Waals surface area contributed by atoms with Crippen molar-refractivity contribution < 1.29 is 9.18 Å². The van der Waals surface area contributed by atoms with Crippen LogP contribution in [0.3, 0.4) is 0 Å². The number of hydrogen-bond acceptors (Lipinski definition) is 2. The van der Waals surface area contributed by atoms with Crippen LogP contribution in [0.2, 0.25) is 0 Å². The molecule has 0 aliphatic carbocycles. The van der Waals surface area contributed by atoms with E-state index in [0.717, 1.165) is 0 Å². The van der Waals surface area contributed by atoms with E-state index in [-0.39, 0.29) is 11.7 Å². The number of nitrogens with one attached hydrogen (secondary N) is 1. The molecule has 0 aliphatic rings. The predicted molar refractivity (Wildman–Crippen MR) is 75.2 cm³/mol. The summed E-state index contributed by atoms with van der Waals surface area (Å²) in [7, 11) is 0. The average Bonchev–Trinajstić information content (AvgIpc) is 2.21. The first-order valence-corrected chi connectivity index (χ1v) is 6.49.